The quantitative estimate of drug-likeness (QED) is 0.246. The number of guanidine groups is 1. The van der Waals surface area contributed by atoms with Gasteiger partial charge in [0.1, 0.15) is 0 Å². The van der Waals surface area contributed by atoms with Gasteiger partial charge >= 0.3 is 0 Å². The van der Waals surface area contributed by atoms with Crippen LogP contribution in [0.5, 0.6) is 0 Å². The van der Waals surface area contributed by atoms with E-state index in [9.17, 15) is 0 Å². The first-order chi connectivity index (χ1) is 9.19. The van der Waals surface area contributed by atoms with E-state index in [1.807, 2.05) is 32.0 Å². The average Bonchev–Trinajstić information content (AvgIpc) is 2.40. The molecule has 0 aliphatic heterocycles. The number of benzene rings is 1. The first-order valence-corrected chi connectivity index (χ1v) is 6.67. The van der Waals surface area contributed by atoms with Crippen LogP contribution in [0.4, 0.5) is 5.69 Å². The van der Waals surface area contributed by atoms with E-state index < -0.39 is 0 Å². The molecule has 0 saturated heterocycles. The molecule has 0 bridgehead atoms. The highest BCUT2D eigenvalue weighted by molar-refractivity contribution is 6.33. The molecule has 6 heteroatoms. The van der Waals surface area contributed by atoms with Gasteiger partial charge in [-0.25, -0.2) is 5.84 Å². The summed E-state index contributed by atoms with van der Waals surface area (Å²) in [6.07, 6.45) is 0.849. The van der Waals surface area contributed by atoms with Crippen molar-refractivity contribution >= 4 is 23.2 Å². The van der Waals surface area contributed by atoms with Crippen molar-refractivity contribution in [3.63, 3.8) is 0 Å². The minimum Gasteiger partial charge on any atom is -0.382 e. The maximum Gasteiger partial charge on any atom is 0.210 e. The third-order valence-corrected chi connectivity index (χ3v) is 2.84. The number of nitrogens with two attached hydrogens (primary N) is 1. The Morgan fingerprint density at radius 2 is 2.26 bits per heavy atom. The fourth-order valence-electron chi connectivity index (χ4n) is 1.53. The molecule has 5 nitrogen and oxygen atoms in total. The zero-order valence-electron chi connectivity index (χ0n) is 11.4. The predicted molar refractivity (Wildman–Crippen MR) is 80.5 cm³/mol. The number of para-hydroxylation sites is 1. The van der Waals surface area contributed by atoms with Crippen LogP contribution in [-0.4, -0.2) is 25.7 Å². The molecule has 1 aromatic carbocycles. The third-order valence-electron chi connectivity index (χ3n) is 2.52. The van der Waals surface area contributed by atoms with Gasteiger partial charge < -0.3 is 10.1 Å². The van der Waals surface area contributed by atoms with E-state index in [0.717, 1.165) is 24.3 Å². The summed E-state index contributed by atoms with van der Waals surface area (Å²) >= 11 is 6.13. The molecule has 0 amide bonds. The van der Waals surface area contributed by atoms with Crippen molar-refractivity contribution in [1.29, 1.82) is 0 Å². The predicted octanol–water partition coefficient (Wildman–Crippen LogP) is 2.31. The van der Waals surface area contributed by atoms with Gasteiger partial charge in [-0.05, 0) is 31.9 Å². The lowest BCUT2D eigenvalue weighted by Gasteiger charge is -2.13. The van der Waals surface area contributed by atoms with Crippen LogP contribution in [0.3, 0.4) is 0 Å². The number of nitrogens with one attached hydrogen (secondary N) is 2. The monoisotopic (exact) mass is 284 g/mol. The maximum absolute atomic E-state index is 6.13. The second kappa shape index (κ2) is 8.74. The summed E-state index contributed by atoms with van der Waals surface area (Å²) < 4.78 is 5.24. The SMILES string of the molecule is CCOCCCN=C(NN)Nc1c(C)cccc1Cl. The lowest BCUT2D eigenvalue weighted by molar-refractivity contribution is 0.146. The van der Waals surface area contributed by atoms with Gasteiger partial charge in [-0.2, -0.15) is 0 Å². The molecule has 19 heavy (non-hydrogen) atoms. The number of aryl methyl sites for hydroxylation is 1. The molecule has 106 valence electrons. The summed E-state index contributed by atoms with van der Waals surface area (Å²) in [5.74, 6) is 5.94. The smallest absolute Gasteiger partial charge is 0.210 e. The third kappa shape index (κ3) is 5.46. The number of hydrazine groups is 1. The number of nitrogens with zero attached hydrogens (tertiary/aromatic N) is 1. The van der Waals surface area contributed by atoms with Crippen LogP contribution in [0.1, 0.15) is 18.9 Å². The topological polar surface area (TPSA) is 71.7 Å². The van der Waals surface area contributed by atoms with Gasteiger partial charge in [0.15, 0.2) is 0 Å². The Labute approximate surface area is 119 Å². The fourth-order valence-corrected chi connectivity index (χ4v) is 1.80. The van der Waals surface area contributed by atoms with E-state index in [0.29, 0.717) is 24.1 Å². The molecule has 4 N–H and O–H groups in total. The van der Waals surface area contributed by atoms with Crippen LogP contribution in [0, 0.1) is 6.92 Å². The lowest BCUT2D eigenvalue weighted by atomic mass is 10.2. The van der Waals surface area contributed by atoms with Crippen LogP contribution >= 0.6 is 11.6 Å². The Kier molecular flexibility index (Phi) is 7.25. The summed E-state index contributed by atoms with van der Waals surface area (Å²) in [7, 11) is 0. The van der Waals surface area contributed by atoms with Crippen molar-refractivity contribution in [1.82, 2.24) is 5.43 Å². The van der Waals surface area contributed by atoms with E-state index >= 15 is 0 Å². The number of hydrogen-bond donors (Lipinski definition) is 3. The molecule has 0 fully saturated rings. The normalized spacial score (nSPS) is 11.5. The summed E-state index contributed by atoms with van der Waals surface area (Å²) in [6.45, 7) is 6.00. The van der Waals surface area contributed by atoms with E-state index in [-0.39, 0.29) is 0 Å². The van der Waals surface area contributed by atoms with Crippen molar-refractivity contribution in [2.45, 2.75) is 20.3 Å². The van der Waals surface area contributed by atoms with E-state index in [4.69, 9.17) is 22.2 Å². The first kappa shape index (κ1) is 15.8. The molecular weight excluding hydrogens is 264 g/mol. The van der Waals surface area contributed by atoms with Crippen LogP contribution in [0.2, 0.25) is 5.02 Å². The van der Waals surface area contributed by atoms with E-state index in [1.54, 1.807) is 0 Å². The number of aliphatic imine (C=N–C) groups is 1. The van der Waals surface area contributed by atoms with Crippen molar-refractivity contribution in [2.24, 2.45) is 10.8 Å². The number of ether oxygens (including phenoxy) is 1. The van der Waals surface area contributed by atoms with Gasteiger partial charge in [0.25, 0.3) is 0 Å². The van der Waals surface area contributed by atoms with E-state index in [1.165, 1.54) is 0 Å². The van der Waals surface area contributed by atoms with Gasteiger partial charge in [-0.1, -0.05) is 23.7 Å². The van der Waals surface area contributed by atoms with Gasteiger partial charge in [-0.3, -0.25) is 10.4 Å². The van der Waals surface area contributed by atoms with E-state index in [2.05, 4.69) is 15.7 Å². The summed E-state index contributed by atoms with van der Waals surface area (Å²) in [6, 6.07) is 5.69. The van der Waals surface area contributed by atoms with Crippen molar-refractivity contribution < 1.29 is 4.74 Å². The molecule has 0 radical (unpaired) electrons. The van der Waals surface area contributed by atoms with Crippen LogP contribution in [0.15, 0.2) is 23.2 Å². The van der Waals surface area contributed by atoms with Crippen LogP contribution < -0.4 is 16.6 Å². The minimum absolute atomic E-state index is 0.493. The van der Waals surface area contributed by atoms with Gasteiger partial charge in [0, 0.05) is 19.8 Å². The standard InChI is InChI=1S/C13H21ClN4O/c1-3-19-9-5-8-16-13(18-15)17-12-10(2)6-4-7-11(12)14/h4,6-7H,3,5,8-9,15H2,1-2H3,(H2,16,17,18). The molecule has 0 atom stereocenters. The second-order valence-electron chi connectivity index (χ2n) is 3.98. The molecule has 0 saturated carbocycles. The Morgan fingerprint density at radius 3 is 2.89 bits per heavy atom. The summed E-state index contributed by atoms with van der Waals surface area (Å²) in [4.78, 5) is 4.32. The molecule has 0 aromatic heterocycles. The summed E-state index contributed by atoms with van der Waals surface area (Å²) in [5.41, 5.74) is 4.38. The number of hydrogen-bond acceptors (Lipinski definition) is 3. The largest absolute Gasteiger partial charge is 0.382 e. The van der Waals surface area contributed by atoms with Crippen molar-refractivity contribution in [3.8, 4) is 0 Å². The van der Waals surface area contributed by atoms with Gasteiger partial charge in [-0.15, -0.1) is 0 Å². The number of halogens is 1. The maximum atomic E-state index is 6.13. The second-order valence-corrected chi connectivity index (χ2v) is 4.39. The lowest BCUT2D eigenvalue weighted by Crippen LogP contribution is -2.36. The molecular formula is C13H21ClN4O. The Bertz CT molecular complexity index is 403. The Hall–Kier alpha value is -1.30. The van der Waals surface area contributed by atoms with Gasteiger partial charge in [0.2, 0.25) is 5.96 Å². The fraction of sp³-hybridized carbons (Fsp3) is 0.462. The van der Waals surface area contributed by atoms with Crippen LogP contribution in [-0.2, 0) is 4.74 Å². The average molecular weight is 285 g/mol. The highest BCUT2D eigenvalue weighted by Gasteiger charge is 2.05. The summed E-state index contributed by atoms with van der Waals surface area (Å²) in [5, 5.41) is 3.73. The molecule has 0 unspecified atom stereocenters. The zero-order chi connectivity index (χ0) is 14.1. The number of rotatable bonds is 6. The van der Waals surface area contributed by atoms with Crippen molar-refractivity contribution in [2.75, 3.05) is 25.1 Å². The highest BCUT2D eigenvalue weighted by Crippen LogP contribution is 2.24. The van der Waals surface area contributed by atoms with Crippen LogP contribution in [0.25, 0.3) is 0 Å². The Morgan fingerprint density at radius 1 is 1.47 bits per heavy atom. The number of anilines is 1. The van der Waals surface area contributed by atoms with Crippen molar-refractivity contribution in [3.05, 3.63) is 28.8 Å². The van der Waals surface area contributed by atoms with Gasteiger partial charge in [0.05, 0.1) is 10.7 Å². The first-order valence-electron chi connectivity index (χ1n) is 6.30. The zero-order valence-corrected chi connectivity index (χ0v) is 12.1. The highest BCUT2D eigenvalue weighted by atomic mass is 35.5. The molecule has 1 rings (SSSR count). The minimum atomic E-state index is 0.493. The molecule has 0 heterocycles. The molecule has 0 spiro atoms. The Balaban J connectivity index is 2.58. The molecule has 0 aliphatic rings. The molecule has 1 aromatic rings. The molecule has 0 aliphatic carbocycles.